The minimum absolute atomic E-state index is 0.00314. The molecule has 0 fully saturated rings. The van der Waals surface area contributed by atoms with Crippen LogP contribution in [0.3, 0.4) is 0 Å². The molecule has 2 aromatic carbocycles. The number of carbonyl (C=O) groups is 2. The van der Waals surface area contributed by atoms with E-state index in [-0.39, 0.29) is 24.2 Å². The third-order valence-corrected chi connectivity index (χ3v) is 4.54. The van der Waals surface area contributed by atoms with E-state index in [4.69, 9.17) is 16.2 Å². The van der Waals surface area contributed by atoms with Gasteiger partial charge in [-0.2, -0.15) is 13.2 Å². The number of halogens is 3. The summed E-state index contributed by atoms with van der Waals surface area (Å²) in [7, 11) is 0. The minimum atomic E-state index is -4.55. The Hall–Kier alpha value is -3.49. The van der Waals surface area contributed by atoms with Gasteiger partial charge in [-0.25, -0.2) is 0 Å². The van der Waals surface area contributed by atoms with E-state index < -0.39 is 29.2 Å². The molecule has 2 aromatic rings. The molecule has 3 rings (SSSR count). The van der Waals surface area contributed by atoms with Gasteiger partial charge in [-0.15, -0.1) is 0 Å². The first-order chi connectivity index (χ1) is 13.6. The van der Waals surface area contributed by atoms with Crippen LogP contribution in [0.2, 0.25) is 0 Å². The van der Waals surface area contributed by atoms with E-state index >= 15 is 0 Å². The second-order valence-corrected chi connectivity index (χ2v) is 6.65. The van der Waals surface area contributed by atoms with Crippen LogP contribution in [0.4, 0.5) is 18.9 Å². The van der Waals surface area contributed by atoms with Crippen molar-refractivity contribution >= 4 is 17.5 Å². The molecule has 0 saturated carbocycles. The average Bonchev–Trinajstić information content (AvgIpc) is 2.68. The fourth-order valence-corrected chi connectivity index (χ4v) is 3.09. The van der Waals surface area contributed by atoms with Crippen molar-refractivity contribution in [1.82, 2.24) is 0 Å². The van der Waals surface area contributed by atoms with E-state index in [2.05, 4.69) is 0 Å². The van der Waals surface area contributed by atoms with Gasteiger partial charge < -0.3 is 21.1 Å². The predicted molar refractivity (Wildman–Crippen MR) is 99.7 cm³/mol. The summed E-state index contributed by atoms with van der Waals surface area (Å²) < 4.78 is 45.1. The average molecular weight is 405 g/mol. The number of rotatable bonds is 5. The standard InChI is InChI=1S/C20H18F3N3O3/c21-20(22,23)14-5-4-6-15(9-14)26-11-13(17(24)27)10-19(12-26,18(25)28)29-16-7-2-1-3-8-16/h1-9,11H,10,12H2,(H2,24,27)(H2,25,28). The number of benzene rings is 2. The van der Waals surface area contributed by atoms with Gasteiger partial charge in [0.1, 0.15) is 5.75 Å². The lowest BCUT2D eigenvalue weighted by molar-refractivity contribution is -0.137. The first kappa shape index (κ1) is 20.2. The third kappa shape index (κ3) is 4.34. The molecule has 0 aromatic heterocycles. The van der Waals surface area contributed by atoms with Crippen LogP contribution in [0.25, 0.3) is 0 Å². The Morgan fingerprint density at radius 1 is 1.03 bits per heavy atom. The van der Waals surface area contributed by atoms with Crippen LogP contribution in [-0.2, 0) is 15.8 Å². The number of para-hydroxylation sites is 1. The number of nitrogens with two attached hydrogens (primary N) is 2. The number of nitrogens with zero attached hydrogens (tertiary/aromatic N) is 1. The zero-order chi connectivity index (χ0) is 21.2. The van der Waals surface area contributed by atoms with E-state index in [1.807, 2.05) is 0 Å². The van der Waals surface area contributed by atoms with Crippen molar-refractivity contribution in [3.8, 4) is 5.75 Å². The summed E-state index contributed by atoms with van der Waals surface area (Å²) in [6.45, 7) is -0.199. The molecule has 2 amide bonds. The van der Waals surface area contributed by atoms with Crippen LogP contribution in [0.15, 0.2) is 66.4 Å². The SMILES string of the molecule is NC(=O)C1=CN(c2cccc(C(F)(F)F)c2)CC(Oc2ccccc2)(C(N)=O)C1. The number of carbonyl (C=O) groups excluding carboxylic acids is 2. The fraction of sp³-hybridized carbons (Fsp3) is 0.200. The van der Waals surface area contributed by atoms with Crippen molar-refractivity contribution in [2.75, 3.05) is 11.4 Å². The summed E-state index contributed by atoms with van der Waals surface area (Å²) in [6.07, 6.45) is -3.45. The third-order valence-electron chi connectivity index (χ3n) is 4.54. The number of primary amides is 2. The molecular formula is C20H18F3N3O3. The van der Waals surface area contributed by atoms with Crippen molar-refractivity contribution in [2.45, 2.75) is 18.2 Å². The molecule has 0 radical (unpaired) electrons. The molecule has 29 heavy (non-hydrogen) atoms. The van der Waals surface area contributed by atoms with Crippen LogP contribution in [-0.4, -0.2) is 24.0 Å². The lowest BCUT2D eigenvalue weighted by atomic mass is 9.89. The van der Waals surface area contributed by atoms with Gasteiger partial charge in [0.2, 0.25) is 11.5 Å². The lowest BCUT2D eigenvalue weighted by Gasteiger charge is -2.40. The number of ether oxygens (including phenoxy) is 1. The molecule has 9 heteroatoms. The normalized spacial score (nSPS) is 19.4. The second kappa shape index (κ2) is 7.50. The van der Waals surface area contributed by atoms with E-state index in [9.17, 15) is 22.8 Å². The molecule has 1 heterocycles. The topological polar surface area (TPSA) is 98.7 Å². The van der Waals surface area contributed by atoms with Crippen LogP contribution >= 0.6 is 0 Å². The summed E-state index contributed by atoms with van der Waals surface area (Å²) in [5, 5.41) is 0. The Morgan fingerprint density at radius 3 is 2.31 bits per heavy atom. The summed E-state index contributed by atoms with van der Waals surface area (Å²) in [5.74, 6) is -1.38. The number of alkyl halides is 3. The van der Waals surface area contributed by atoms with Crippen LogP contribution in [0.5, 0.6) is 5.75 Å². The van der Waals surface area contributed by atoms with Gasteiger partial charge in [0, 0.05) is 23.9 Å². The molecule has 1 aliphatic heterocycles. The first-order valence-electron chi connectivity index (χ1n) is 8.59. The maximum Gasteiger partial charge on any atom is 0.416 e. The first-order valence-corrected chi connectivity index (χ1v) is 8.59. The molecule has 1 atom stereocenters. The maximum absolute atomic E-state index is 13.1. The quantitative estimate of drug-likeness (QED) is 0.799. The lowest BCUT2D eigenvalue weighted by Crippen LogP contribution is -2.58. The molecule has 0 aliphatic carbocycles. The Balaban J connectivity index is 2.05. The van der Waals surface area contributed by atoms with E-state index in [1.165, 1.54) is 23.2 Å². The van der Waals surface area contributed by atoms with Crippen molar-refractivity contribution in [3.63, 3.8) is 0 Å². The Bertz CT molecular complexity index is 960. The second-order valence-electron chi connectivity index (χ2n) is 6.65. The zero-order valence-corrected chi connectivity index (χ0v) is 15.1. The highest BCUT2D eigenvalue weighted by Gasteiger charge is 2.45. The van der Waals surface area contributed by atoms with Gasteiger partial charge in [0.05, 0.1) is 12.1 Å². The monoisotopic (exact) mass is 405 g/mol. The maximum atomic E-state index is 13.1. The number of hydrogen-bond acceptors (Lipinski definition) is 4. The molecule has 0 bridgehead atoms. The predicted octanol–water partition coefficient (Wildman–Crippen LogP) is 2.59. The van der Waals surface area contributed by atoms with Crippen molar-refractivity contribution in [2.24, 2.45) is 11.5 Å². The molecule has 1 aliphatic rings. The van der Waals surface area contributed by atoms with Gasteiger partial charge in [0.25, 0.3) is 5.91 Å². The zero-order valence-electron chi connectivity index (χ0n) is 15.1. The van der Waals surface area contributed by atoms with Crippen LogP contribution in [0.1, 0.15) is 12.0 Å². The summed E-state index contributed by atoms with van der Waals surface area (Å²) >= 11 is 0. The van der Waals surface area contributed by atoms with Gasteiger partial charge in [-0.1, -0.05) is 24.3 Å². The molecule has 6 nitrogen and oxygen atoms in total. The molecule has 0 spiro atoms. The highest BCUT2D eigenvalue weighted by Crippen LogP contribution is 2.35. The van der Waals surface area contributed by atoms with E-state index in [0.717, 1.165) is 12.1 Å². The van der Waals surface area contributed by atoms with E-state index in [0.29, 0.717) is 5.75 Å². The molecule has 152 valence electrons. The number of hydrogen-bond donors (Lipinski definition) is 2. The number of anilines is 1. The Morgan fingerprint density at radius 2 is 1.72 bits per heavy atom. The summed E-state index contributed by atoms with van der Waals surface area (Å²) in [5.41, 5.74) is 8.54. The van der Waals surface area contributed by atoms with Crippen molar-refractivity contribution < 1.29 is 27.5 Å². The van der Waals surface area contributed by atoms with Crippen molar-refractivity contribution in [1.29, 1.82) is 0 Å². The molecular weight excluding hydrogens is 387 g/mol. The fourth-order valence-electron chi connectivity index (χ4n) is 3.09. The van der Waals surface area contributed by atoms with Crippen LogP contribution in [0, 0.1) is 0 Å². The van der Waals surface area contributed by atoms with Crippen LogP contribution < -0.4 is 21.1 Å². The minimum Gasteiger partial charge on any atom is -0.475 e. The Kier molecular flexibility index (Phi) is 5.23. The van der Waals surface area contributed by atoms with Crippen molar-refractivity contribution in [3.05, 3.63) is 71.9 Å². The van der Waals surface area contributed by atoms with Gasteiger partial charge in [-0.3, -0.25) is 9.59 Å². The molecule has 0 saturated heterocycles. The highest BCUT2D eigenvalue weighted by atomic mass is 19.4. The molecule has 4 N–H and O–H groups in total. The van der Waals surface area contributed by atoms with Gasteiger partial charge in [0.15, 0.2) is 0 Å². The largest absolute Gasteiger partial charge is 0.475 e. The smallest absolute Gasteiger partial charge is 0.416 e. The van der Waals surface area contributed by atoms with Gasteiger partial charge >= 0.3 is 6.18 Å². The van der Waals surface area contributed by atoms with E-state index in [1.54, 1.807) is 30.3 Å². The summed E-state index contributed by atoms with van der Waals surface area (Å²) in [4.78, 5) is 25.5. The molecule has 1 unspecified atom stereocenters. The summed E-state index contributed by atoms with van der Waals surface area (Å²) in [6, 6.07) is 12.8. The highest BCUT2D eigenvalue weighted by molar-refractivity contribution is 5.96. The number of amides is 2. The Labute approximate surface area is 164 Å². The van der Waals surface area contributed by atoms with Gasteiger partial charge in [-0.05, 0) is 30.3 Å².